The summed E-state index contributed by atoms with van der Waals surface area (Å²) in [5, 5.41) is 21.1. The molecule has 0 aromatic rings. The third-order valence-corrected chi connectivity index (χ3v) is 1.20. The number of carboxylic acids is 1. The molecule has 0 saturated carbocycles. The summed E-state index contributed by atoms with van der Waals surface area (Å²) in [4.78, 5) is 40.4. The lowest BCUT2D eigenvalue weighted by molar-refractivity contribution is -0.140. The van der Waals surface area contributed by atoms with Gasteiger partial charge in [-0.3, -0.25) is 10.1 Å². The standard InChI is InChI=1S/C4H6N4O3.C2H4O3/c5-3(10)6-1-2(9)8-4(11)7-1;3-1-2(4)5/h1H,(H3,5,6,10)(H2,7,8,9,11);3H,1H2,(H,4,5). The summed E-state index contributed by atoms with van der Waals surface area (Å²) in [6.45, 7) is -0.778. The van der Waals surface area contributed by atoms with Gasteiger partial charge in [-0.1, -0.05) is 0 Å². The monoisotopic (exact) mass is 234 g/mol. The summed E-state index contributed by atoms with van der Waals surface area (Å²) in [6, 6.07) is -1.51. The normalized spacial score (nSPS) is 17.7. The van der Waals surface area contributed by atoms with E-state index in [2.05, 4.69) is 5.32 Å². The first kappa shape index (κ1) is 13.6. The molecule has 7 N–H and O–H groups in total. The van der Waals surface area contributed by atoms with Crippen molar-refractivity contribution in [1.82, 2.24) is 16.0 Å². The number of urea groups is 2. The Morgan fingerprint density at radius 1 is 1.44 bits per heavy atom. The molecule has 1 heterocycles. The lowest BCUT2D eigenvalue weighted by atomic mass is 10.5. The number of aliphatic carboxylic acids is 1. The lowest BCUT2D eigenvalue weighted by Crippen LogP contribution is -2.48. The average molecular weight is 234 g/mol. The maximum atomic E-state index is 10.7. The number of amides is 5. The molecular formula is C6H10N4O6. The highest BCUT2D eigenvalue weighted by Crippen LogP contribution is 1.86. The largest absolute Gasteiger partial charge is 0.480 e. The molecule has 16 heavy (non-hydrogen) atoms. The summed E-state index contributed by atoms with van der Waals surface area (Å²) < 4.78 is 0. The molecule has 1 aliphatic rings. The smallest absolute Gasteiger partial charge is 0.329 e. The molecule has 0 bridgehead atoms. The van der Waals surface area contributed by atoms with E-state index in [1.807, 2.05) is 10.6 Å². The molecule has 10 nitrogen and oxygen atoms in total. The first-order valence-corrected chi connectivity index (χ1v) is 3.86. The van der Waals surface area contributed by atoms with Crippen molar-refractivity contribution >= 4 is 23.9 Å². The van der Waals surface area contributed by atoms with Crippen LogP contribution in [-0.4, -0.2) is 46.9 Å². The molecule has 5 amide bonds. The van der Waals surface area contributed by atoms with Crippen LogP contribution in [0.2, 0.25) is 0 Å². The zero-order valence-electron chi connectivity index (χ0n) is 7.89. The highest BCUT2D eigenvalue weighted by atomic mass is 16.4. The molecule has 10 heteroatoms. The minimum absolute atomic E-state index is 0.617. The van der Waals surface area contributed by atoms with Crippen LogP contribution < -0.4 is 21.7 Å². The molecule has 0 aliphatic carbocycles. The molecule has 0 aromatic carbocycles. The SMILES string of the molecule is NC(=O)NC1NC(=O)NC1=O.O=C(O)CO. The van der Waals surface area contributed by atoms with Crippen LogP contribution in [0.5, 0.6) is 0 Å². The molecule has 0 spiro atoms. The van der Waals surface area contributed by atoms with Gasteiger partial charge >= 0.3 is 18.0 Å². The Kier molecular flexibility index (Phi) is 5.27. The van der Waals surface area contributed by atoms with Crippen molar-refractivity contribution < 1.29 is 29.4 Å². The third kappa shape index (κ3) is 5.39. The second-order valence-electron chi connectivity index (χ2n) is 2.46. The molecule has 0 radical (unpaired) electrons. The van der Waals surface area contributed by atoms with Gasteiger partial charge in [0.15, 0.2) is 6.17 Å². The van der Waals surface area contributed by atoms with Crippen molar-refractivity contribution in [3.8, 4) is 0 Å². The van der Waals surface area contributed by atoms with Gasteiger partial charge in [0, 0.05) is 0 Å². The van der Waals surface area contributed by atoms with Gasteiger partial charge in [0.1, 0.15) is 6.61 Å². The van der Waals surface area contributed by atoms with Crippen LogP contribution in [0.25, 0.3) is 0 Å². The zero-order valence-corrected chi connectivity index (χ0v) is 7.89. The highest BCUT2D eigenvalue weighted by Gasteiger charge is 2.29. The molecule has 1 saturated heterocycles. The van der Waals surface area contributed by atoms with E-state index in [-0.39, 0.29) is 0 Å². The van der Waals surface area contributed by atoms with E-state index < -0.39 is 36.7 Å². The summed E-state index contributed by atoms with van der Waals surface area (Å²) in [7, 11) is 0. The van der Waals surface area contributed by atoms with Crippen molar-refractivity contribution in [3.63, 3.8) is 0 Å². The minimum Gasteiger partial charge on any atom is -0.480 e. The van der Waals surface area contributed by atoms with E-state index in [0.29, 0.717) is 0 Å². The van der Waals surface area contributed by atoms with Crippen molar-refractivity contribution in [2.45, 2.75) is 6.17 Å². The van der Waals surface area contributed by atoms with Crippen LogP contribution in [0.4, 0.5) is 9.59 Å². The number of imide groups is 1. The number of nitrogens with two attached hydrogens (primary N) is 1. The van der Waals surface area contributed by atoms with Gasteiger partial charge in [0.25, 0.3) is 5.91 Å². The van der Waals surface area contributed by atoms with Gasteiger partial charge in [-0.15, -0.1) is 0 Å². The number of nitrogens with one attached hydrogen (secondary N) is 3. The number of hydrogen-bond donors (Lipinski definition) is 6. The second-order valence-corrected chi connectivity index (χ2v) is 2.46. The molecular weight excluding hydrogens is 224 g/mol. The predicted octanol–water partition coefficient (Wildman–Crippen LogP) is -3.12. The molecule has 1 unspecified atom stereocenters. The Hall–Kier alpha value is -2.36. The summed E-state index contributed by atoms with van der Waals surface area (Å²) in [5.74, 6) is -1.81. The van der Waals surface area contributed by atoms with E-state index in [0.717, 1.165) is 0 Å². The van der Waals surface area contributed by atoms with Crippen LogP contribution in [0.15, 0.2) is 0 Å². The van der Waals surface area contributed by atoms with Crippen molar-refractivity contribution in [1.29, 1.82) is 0 Å². The summed E-state index contributed by atoms with van der Waals surface area (Å²) >= 11 is 0. The maximum Gasteiger partial charge on any atom is 0.329 e. The average Bonchev–Trinajstić information content (AvgIpc) is 2.45. The van der Waals surface area contributed by atoms with Crippen LogP contribution in [0.3, 0.4) is 0 Å². The number of carbonyl (C=O) groups excluding carboxylic acids is 3. The number of hydrogen-bond acceptors (Lipinski definition) is 5. The van der Waals surface area contributed by atoms with Crippen molar-refractivity contribution in [2.75, 3.05) is 6.61 Å². The van der Waals surface area contributed by atoms with E-state index in [4.69, 9.17) is 20.7 Å². The van der Waals surface area contributed by atoms with E-state index in [9.17, 15) is 14.4 Å². The Morgan fingerprint density at radius 2 is 1.94 bits per heavy atom. The molecule has 90 valence electrons. The van der Waals surface area contributed by atoms with Crippen LogP contribution in [0, 0.1) is 0 Å². The van der Waals surface area contributed by atoms with E-state index in [1.165, 1.54) is 0 Å². The Labute approximate surface area is 88.8 Å². The Morgan fingerprint density at radius 3 is 2.19 bits per heavy atom. The number of primary amides is 1. The van der Waals surface area contributed by atoms with Gasteiger partial charge in [-0.25, -0.2) is 14.4 Å². The molecule has 1 aliphatic heterocycles. The summed E-state index contributed by atoms with van der Waals surface area (Å²) in [6.07, 6.45) is -1.04. The van der Waals surface area contributed by atoms with Gasteiger partial charge in [-0.2, -0.15) is 0 Å². The fraction of sp³-hybridized carbons (Fsp3) is 0.333. The Bertz CT molecular complexity index is 316. The third-order valence-electron chi connectivity index (χ3n) is 1.20. The molecule has 1 rings (SSSR count). The lowest BCUT2D eigenvalue weighted by Gasteiger charge is -2.05. The topological polar surface area (TPSA) is 171 Å². The maximum absolute atomic E-state index is 10.7. The zero-order chi connectivity index (χ0) is 12.7. The molecule has 0 aromatic heterocycles. The van der Waals surface area contributed by atoms with Crippen LogP contribution in [0.1, 0.15) is 0 Å². The van der Waals surface area contributed by atoms with Gasteiger partial charge in [0.2, 0.25) is 0 Å². The second kappa shape index (κ2) is 6.19. The van der Waals surface area contributed by atoms with Crippen LogP contribution >= 0.6 is 0 Å². The highest BCUT2D eigenvalue weighted by molar-refractivity contribution is 6.05. The molecule has 1 fully saturated rings. The van der Waals surface area contributed by atoms with Crippen molar-refractivity contribution in [3.05, 3.63) is 0 Å². The minimum atomic E-state index is -1.19. The van der Waals surface area contributed by atoms with E-state index in [1.54, 1.807) is 0 Å². The predicted molar refractivity (Wildman–Crippen MR) is 47.9 cm³/mol. The quantitative estimate of drug-likeness (QED) is 0.276. The number of aliphatic hydroxyl groups excluding tert-OH is 1. The fourth-order valence-electron chi connectivity index (χ4n) is 0.661. The van der Waals surface area contributed by atoms with Gasteiger partial charge < -0.3 is 26.6 Å². The first-order valence-electron chi connectivity index (χ1n) is 3.86. The first-order chi connectivity index (χ1) is 7.36. The van der Waals surface area contributed by atoms with Gasteiger partial charge in [-0.05, 0) is 0 Å². The van der Waals surface area contributed by atoms with Gasteiger partial charge in [0.05, 0.1) is 0 Å². The molecule has 1 atom stereocenters. The number of carboxylic acid groups (broad SMARTS) is 1. The number of rotatable bonds is 2. The number of carbonyl (C=O) groups is 4. The number of aliphatic hydroxyl groups is 1. The van der Waals surface area contributed by atoms with E-state index >= 15 is 0 Å². The van der Waals surface area contributed by atoms with Crippen LogP contribution in [-0.2, 0) is 9.59 Å². The fourth-order valence-corrected chi connectivity index (χ4v) is 0.661. The summed E-state index contributed by atoms with van der Waals surface area (Å²) in [5.41, 5.74) is 4.70. The Balaban J connectivity index is 0.000000385. The van der Waals surface area contributed by atoms with Crippen molar-refractivity contribution in [2.24, 2.45) is 5.73 Å².